The fourth-order valence-electron chi connectivity index (χ4n) is 2.01. The molecule has 0 fully saturated rings. The summed E-state index contributed by atoms with van der Waals surface area (Å²) in [5.74, 6) is -0.427. The van der Waals surface area contributed by atoms with E-state index in [2.05, 4.69) is 5.32 Å². The third kappa shape index (κ3) is 8.19. The average molecular weight is 317 g/mol. The predicted octanol–water partition coefficient (Wildman–Crippen LogP) is 3.57. The molecule has 0 unspecified atom stereocenters. The largest absolute Gasteiger partial charge is 0.458 e. The van der Waals surface area contributed by atoms with Crippen LogP contribution in [0.1, 0.15) is 46.6 Å². The van der Waals surface area contributed by atoms with Crippen LogP contribution in [0.3, 0.4) is 0 Å². The Morgan fingerprint density at radius 1 is 1.17 bits per heavy atom. The molecule has 0 aliphatic rings. The summed E-state index contributed by atoms with van der Waals surface area (Å²) in [6, 6.07) is 8.90. The molecule has 0 bridgehead atoms. The number of rotatable bonds is 6. The van der Waals surface area contributed by atoms with E-state index in [0.29, 0.717) is 6.42 Å². The maximum absolute atomic E-state index is 12.2. The molecule has 4 heteroatoms. The van der Waals surface area contributed by atoms with Crippen LogP contribution in [0.5, 0.6) is 0 Å². The first kappa shape index (κ1) is 18.9. The van der Waals surface area contributed by atoms with Crippen molar-refractivity contribution in [2.24, 2.45) is 5.92 Å². The third-order valence-electron chi connectivity index (χ3n) is 2.94. The van der Waals surface area contributed by atoms with Crippen LogP contribution >= 0.6 is 0 Å². The number of nitrogens with one attached hydrogen (secondary N) is 1. The summed E-state index contributed by atoms with van der Waals surface area (Å²) in [5, 5.41) is 2.74. The Kier molecular flexibility index (Phi) is 7.01. The first-order valence-electron chi connectivity index (χ1n) is 7.94. The van der Waals surface area contributed by atoms with Gasteiger partial charge in [-0.15, -0.1) is 0 Å². The molecule has 1 amide bonds. The van der Waals surface area contributed by atoms with Gasteiger partial charge >= 0.3 is 5.97 Å². The molecule has 0 saturated heterocycles. The number of ether oxygens (including phenoxy) is 1. The lowest BCUT2D eigenvalue weighted by molar-refractivity contribution is -0.158. The van der Waals surface area contributed by atoms with Crippen LogP contribution in [0.4, 0.5) is 0 Å². The number of amides is 1. The molecule has 1 aromatic rings. The Balaban J connectivity index is 2.70. The Labute approximate surface area is 138 Å². The van der Waals surface area contributed by atoms with E-state index in [1.165, 1.54) is 6.08 Å². The van der Waals surface area contributed by atoms with Crippen molar-refractivity contribution in [1.29, 1.82) is 0 Å². The predicted molar refractivity (Wildman–Crippen MR) is 92.7 cm³/mol. The van der Waals surface area contributed by atoms with Gasteiger partial charge in [-0.25, -0.2) is 4.79 Å². The highest BCUT2D eigenvalue weighted by Gasteiger charge is 2.26. The Morgan fingerprint density at radius 3 is 2.30 bits per heavy atom. The lowest BCUT2D eigenvalue weighted by Gasteiger charge is -2.25. The number of hydrogen-bond acceptors (Lipinski definition) is 3. The van der Waals surface area contributed by atoms with Crippen molar-refractivity contribution in [3.8, 4) is 0 Å². The van der Waals surface area contributed by atoms with Crippen LogP contribution in [-0.2, 0) is 14.3 Å². The lowest BCUT2D eigenvalue weighted by Crippen LogP contribution is -2.44. The lowest BCUT2D eigenvalue weighted by atomic mass is 10.0. The monoisotopic (exact) mass is 317 g/mol. The second-order valence-electron chi connectivity index (χ2n) is 6.97. The highest BCUT2D eigenvalue weighted by atomic mass is 16.6. The van der Waals surface area contributed by atoms with Crippen molar-refractivity contribution in [3.05, 3.63) is 42.0 Å². The van der Waals surface area contributed by atoms with Crippen LogP contribution in [0.15, 0.2) is 36.4 Å². The summed E-state index contributed by atoms with van der Waals surface area (Å²) >= 11 is 0. The zero-order valence-electron chi connectivity index (χ0n) is 14.6. The van der Waals surface area contributed by atoms with Crippen molar-refractivity contribution in [2.75, 3.05) is 0 Å². The molecule has 1 aromatic carbocycles. The Hall–Kier alpha value is -2.10. The topological polar surface area (TPSA) is 55.4 Å². The van der Waals surface area contributed by atoms with Crippen LogP contribution in [0, 0.1) is 5.92 Å². The van der Waals surface area contributed by atoms with E-state index in [-0.39, 0.29) is 11.8 Å². The minimum absolute atomic E-state index is 0.269. The van der Waals surface area contributed by atoms with Gasteiger partial charge in [0.1, 0.15) is 11.6 Å². The van der Waals surface area contributed by atoms with E-state index in [1.54, 1.807) is 6.08 Å². The Morgan fingerprint density at radius 2 is 1.78 bits per heavy atom. The van der Waals surface area contributed by atoms with Crippen LogP contribution in [-0.4, -0.2) is 23.5 Å². The molecule has 23 heavy (non-hydrogen) atoms. The third-order valence-corrected chi connectivity index (χ3v) is 2.94. The normalized spacial score (nSPS) is 13.1. The van der Waals surface area contributed by atoms with Crippen LogP contribution in [0.25, 0.3) is 6.08 Å². The van der Waals surface area contributed by atoms with E-state index in [4.69, 9.17) is 4.74 Å². The van der Waals surface area contributed by atoms with Gasteiger partial charge in [-0.05, 0) is 44.7 Å². The van der Waals surface area contributed by atoms with Gasteiger partial charge in [-0.2, -0.15) is 0 Å². The molecular weight excluding hydrogens is 290 g/mol. The second kappa shape index (κ2) is 8.51. The standard InChI is InChI=1S/C19H27NO3/c1-14(2)13-16(18(22)23-19(3,4)5)20-17(21)12-11-15-9-7-6-8-10-15/h6-12,14,16H,13H2,1-5H3,(H,20,21)/b12-11+/t16-/m0/s1. The summed E-state index contributed by atoms with van der Waals surface area (Å²) in [5.41, 5.74) is 0.358. The van der Waals surface area contributed by atoms with Crippen molar-refractivity contribution in [3.63, 3.8) is 0 Å². The molecule has 0 radical (unpaired) electrons. The highest BCUT2D eigenvalue weighted by molar-refractivity contribution is 5.94. The molecule has 1 atom stereocenters. The van der Waals surface area contributed by atoms with Crippen molar-refractivity contribution >= 4 is 18.0 Å². The van der Waals surface area contributed by atoms with Gasteiger partial charge < -0.3 is 10.1 Å². The van der Waals surface area contributed by atoms with Crippen molar-refractivity contribution in [1.82, 2.24) is 5.32 Å². The first-order valence-corrected chi connectivity index (χ1v) is 7.94. The summed E-state index contributed by atoms with van der Waals surface area (Å²) in [6.07, 6.45) is 3.70. The van der Waals surface area contributed by atoms with E-state index in [1.807, 2.05) is 65.0 Å². The van der Waals surface area contributed by atoms with E-state index >= 15 is 0 Å². The first-order chi connectivity index (χ1) is 10.7. The minimum Gasteiger partial charge on any atom is -0.458 e. The number of hydrogen-bond donors (Lipinski definition) is 1. The van der Waals surface area contributed by atoms with Gasteiger partial charge in [0, 0.05) is 6.08 Å². The SMILES string of the molecule is CC(C)C[C@H](NC(=O)/C=C/c1ccccc1)C(=O)OC(C)(C)C. The molecule has 0 spiro atoms. The van der Waals surface area contributed by atoms with Crippen LogP contribution in [0.2, 0.25) is 0 Å². The van der Waals surface area contributed by atoms with Crippen molar-refractivity contribution < 1.29 is 14.3 Å². The fraction of sp³-hybridized carbons (Fsp3) is 0.474. The summed E-state index contributed by atoms with van der Waals surface area (Å²) in [7, 11) is 0. The average Bonchev–Trinajstić information content (AvgIpc) is 2.43. The maximum atomic E-state index is 12.2. The maximum Gasteiger partial charge on any atom is 0.329 e. The molecule has 0 aromatic heterocycles. The number of benzene rings is 1. The molecule has 126 valence electrons. The van der Waals surface area contributed by atoms with Gasteiger partial charge in [0.25, 0.3) is 0 Å². The smallest absolute Gasteiger partial charge is 0.329 e. The van der Waals surface area contributed by atoms with Gasteiger partial charge in [0.15, 0.2) is 0 Å². The number of carbonyl (C=O) groups is 2. The molecular formula is C19H27NO3. The molecule has 4 nitrogen and oxygen atoms in total. The molecule has 0 aliphatic carbocycles. The molecule has 0 saturated carbocycles. The number of carbonyl (C=O) groups excluding carboxylic acids is 2. The fourth-order valence-corrected chi connectivity index (χ4v) is 2.01. The molecule has 1 N–H and O–H groups in total. The summed E-state index contributed by atoms with van der Waals surface area (Å²) in [4.78, 5) is 24.3. The van der Waals surface area contributed by atoms with Crippen molar-refractivity contribution in [2.45, 2.75) is 52.7 Å². The quantitative estimate of drug-likeness (QED) is 0.644. The summed E-state index contributed by atoms with van der Waals surface area (Å²) < 4.78 is 5.39. The van der Waals surface area contributed by atoms with E-state index < -0.39 is 17.6 Å². The minimum atomic E-state index is -0.637. The van der Waals surface area contributed by atoms with Gasteiger partial charge in [0.2, 0.25) is 5.91 Å². The second-order valence-corrected chi connectivity index (χ2v) is 6.97. The van der Waals surface area contributed by atoms with Gasteiger partial charge in [-0.3, -0.25) is 4.79 Å². The van der Waals surface area contributed by atoms with E-state index in [0.717, 1.165) is 5.56 Å². The molecule has 0 aliphatic heterocycles. The Bertz CT molecular complexity index is 541. The van der Waals surface area contributed by atoms with Gasteiger partial charge in [0.05, 0.1) is 0 Å². The molecule has 0 heterocycles. The zero-order chi connectivity index (χ0) is 17.5. The number of esters is 1. The van der Waals surface area contributed by atoms with Crippen LogP contribution < -0.4 is 5.32 Å². The summed E-state index contributed by atoms with van der Waals surface area (Å²) in [6.45, 7) is 9.45. The van der Waals surface area contributed by atoms with E-state index in [9.17, 15) is 9.59 Å². The molecule has 1 rings (SSSR count). The zero-order valence-corrected chi connectivity index (χ0v) is 14.6. The highest BCUT2D eigenvalue weighted by Crippen LogP contribution is 2.13. The van der Waals surface area contributed by atoms with Gasteiger partial charge in [-0.1, -0.05) is 44.2 Å².